The maximum atomic E-state index is 12.5. The summed E-state index contributed by atoms with van der Waals surface area (Å²) in [5, 5.41) is 0.460. The zero-order valence-electron chi connectivity index (χ0n) is 17.9. The molecule has 1 heterocycles. The topological polar surface area (TPSA) is 68.4 Å². The van der Waals surface area contributed by atoms with E-state index in [1.54, 1.807) is 19.1 Å². The summed E-state index contributed by atoms with van der Waals surface area (Å²) < 4.78 is 10.7. The molecule has 2 rings (SSSR count). The molecule has 0 saturated heterocycles. The summed E-state index contributed by atoms with van der Waals surface area (Å²) >= 11 is 0. The van der Waals surface area contributed by atoms with Crippen LogP contribution in [-0.4, -0.2) is 24.2 Å². The molecule has 29 heavy (non-hydrogen) atoms. The van der Waals surface area contributed by atoms with Crippen LogP contribution in [0, 0.1) is 0 Å². The third kappa shape index (κ3) is 7.56. The number of hydrogen-bond donors (Lipinski definition) is 1. The molecule has 0 bridgehead atoms. The molecule has 0 radical (unpaired) electrons. The SMILES string of the molecule is CCCCCCCCCCCCOc1ccc2c(=O)c(C(=O)OCC)c[nH]c2c1. The fraction of sp³-hybridized carbons (Fsp3) is 0.583. The lowest BCUT2D eigenvalue weighted by Gasteiger charge is -2.08. The lowest BCUT2D eigenvalue weighted by molar-refractivity contribution is 0.0524. The molecule has 0 amide bonds. The Balaban J connectivity index is 1.72. The van der Waals surface area contributed by atoms with E-state index in [9.17, 15) is 9.59 Å². The molecule has 0 spiro atoms. The van der Waals surface area contributed by atoms with E-state index in [0.29, 0.717) is 17.5 Å². The number of pyridine rings is 1. The molecule has 5 nitrogen and oxygen atoms in total. The maximum absolute atomic E-state index is 12.5. The minimum atomic E-state index is -0.600. The Morgan fingerprint density at radius 2 is 1.59 bits per heavy atom. The van der Waals surface area contributed by atoms with Gasteiger partial charge in [-0.3, -0.25) is 4.79 Å². The van der Waals surface area contributed by atoms with Crippen molar-refractivity contribution in [3.63, 3.8) is 0 Å². The lowest BCUT2D eigenvalue weighted by Crippen LogP contribution is -2.18. The molecule has 0 aliphatic rings. The molecular formula is C24H35NO4. The number of aromatic nitrogens is 1. The molecule has 0 saturated carbocycles. The highest BCUT2D eigenvalue weighted by Crippen LogP contribution is 2.18. The van der Waals surface area contributed by atoms with Crippen LogP contribution in [-0.2, 0) is 4.74 Å². The first-order valence-electron chi connectivity index (χ1n) is 11.1. The minimum absolute atomic E-state index is 0.0263. The van der Waals surface area contributed by atoms with Gasteiger partial charge >= 0.3 is 5.97 Å². The van der Waals surface area contributed by atoms with Crippen LogP contribution >= 0.6 is 0 Å². The van der Waals surface area contributed by atoms with Crippen LogP contribution in [0.3, 0.4) is 0 Å². The normalized spacial score (nSPS) is 11.0. The minimum Gasteiger partial charge on any atom is -0.494 e. The van der Waals surface area contributed by atoms with Gasteiger partial charge in [-0.25, -0.2) is 4.79 Å². The summed E-state index contributed by atoms with van der Waals surface area (Å²) in [7, 11) is 0. The van der Waals surface area contributed by atoms with Gasteiger partial charge in [-0.2, -0.15) is 0 Å². The van der Waals surface area contributed by atoms with Gasteiger partial charge in [0.05, 0.1) is 18.7 Å². The third-order valence-corrected chi connectivity index (χ3v) is 5.11. The van der Waals surface area contributed by atoms with Gasteiger partial charge in [-0.1, -0.05) is 64.7 Å². The van der Waals surface area contributed by atoms with Gasteiger partial charge < -0.3 is 14.5 Å². The molecule has 0 aliphatic carbocycles. The first-order chi connectivity index (χ1) is 14.2. The first kappa shape index (κ1) is 23.0. The van der Waals surface area contributed by atoms with Crippen molar-refractivity contribution < 1.29 is 14.3 Å². The van der Waals surface area contributed by atoms with E-state index in [4.69, 9.17) is 9.47 Å². The van der Waals surface area contributed by atoms with Gasteiger partial charge in [-0.15, -0.1) is 0 Å². The first-order valence-corrected chi connectivity index (χ1v) is 11.1. The zero-order valence-corrected chi connectivity index (χ0v) is 17.9. The quantitative estimate of drug-likeness (QED) is 0.311. The van der Waals surface area contributed by atoms with Crippen molar-refractivity contribution in [2.45, 2.75) is 78.1 Å². The Hall–Kier alpha value is -2.30. The number of aromatic amines is 1. The standard InChI is InChI=1S/C24H35NO4/c1-3-5-6-7-8-9-10-11-12-13-16-29-19-14-15-20-22(17-19)25-18-21(23(20)26)24(27)28-4-2/h14-15,17-18H,3-13,16H2,1-2H3,(H,25,26). The number of hydrogen-bond acceptors (Lipinski definition) is 4. The second-order valence-corrected chi connectivity index (χ2v) is 7.49. The second-order valence-electron chi connectivity index (χ2n) is 7.49. The fourth-order valence-corrected chi connectivity index (χ4v) is 3.43. The van der Waals surface area contributed by atoms with Gasteiger partial charge in [0, 0.05) is 17.6 Å². The van der Waals surface area contributed by atoms with Crippen molar-refractivity contribution >= 4 is 16.9 Å². The van der Waals surface area contributed by atoms with E-state index in [0.717, 1.165) is 12.2 Å². The Labute approximate surface area is 173 Å². The molecule has 160 valence electrons. The summed E-state index contributed by atoms with van der Waals surface area (Å²) in [6, 6.07) is 5.29. The monoisotopic (exact) mass is 401 g/mol. The van der Waals surface area contributed by atoms with Gasteiger partial charge in [0.1, 0.15) is 11.3 Å². The number of nitrogens with one attached hydrogen (secondary N) is 1. The maximum Gasteiger partial charge on any atom is 0.343 e. The number of H-pyrrole nitrogens is 1. The van der Waals surface area contributed by atoms with Crippen LogP contribution in [0.25, 0.3) is 10.9 Å². The van der Waals surface area contributed by atoms with Crippen molar-refractivity contribution in [3.05, 3.63) is 40.2 Å². The van der Waals surface area contributed by atoms with Gasteiger partial charge in [0.25, 0.3) is 0 Å². The zero-order chi connectivity index (χ0) is 20.9. The van der Waals surface area contributed by atoms with Crippen LogP contribution in [0.4, 0.5) is 0 Å². The molecule has 1 aromatic carbocycles. The smallest absolute Gasteiger partial charge is 0.343 e. The molecule has 2 aromatic rings. The highest BCUT2D eigenvalue weighted by molar-refractivity contribution is 5.93. The molecule has 0 unspecified atom stereocenters. The number of benzene rings is 1. The Morgan fingerprint density at radius 1 is 0.931 bits per heavy atom. The van der Waals surface area contributed by atoms with Gasteiger partial charge in [0.2, 0.25) is 5.43 Å². The van der Waals surface area contributed by atoms with Crippen molar-refractivity contribution in [1.82, 2.24) is 4.98 Å². The average molecular weight is 402 g/mol. The van der Waals surface area contributed by atoms with Crippen molar-refractivity contribution in [3.8, 4) is 5.75 Å². The van der Waals surface area contributed by atoms with Crippen molar-refractivity contribution in [2.75, 3.05) is 13.2 Å². The molecular weight excluding hydrogens is 366 g/mol. The number of fused-ring (bicyclic) bond motifs is 1. The molecule has 0 fully saturated rings. The average Bonchev–Trinajstić information content (AvgIpc) is 2.72. The fourth-order valence-electron chi connectivity index (χ4n) is 3.43. The van der Waals surface area contributed by atoms with E-state index in [2.05, 4.69) is 11.9 Å². The molecule has 1 N–H and O–H groups in total. The summed E-state index contributed by atoms with van der Waals surface area (Å²) in [6.45, 7) is 4.88. The molecule has 0 atom stereocenters. The molecule has 1 aromatic heterocycles. The van der Waals surface area contributed by atoms with Gasteiger partial charge in [-0.05, 0) is 25.5 Å². The number of ether oxygens (including phenoxy) is 2. The summed E-state index contributed by atoms with van der Waals surface area (Å²) in [4.78, 5) is 27.3. The Kier molecular flexibility index (Phi) is 10.3. The van der Waals surface area contributed by atoms with Crippen LogP contribution < -0.4 is 10.2 Å². The Morgan fingerprint density at radius 3 is 2.24 bits per heavy atom. The lowest BCUT2D eigenvalue weighted by atomic mass is 10.1. The highest BCUT2D eigenvalue weighted by atomic mass is 16.5. The Bertz CT molecular complexity index is 812. The third-order valence-electron chi connectivity index (χ3n) is 5.11. The molecule has 0 aliphatic heterocycles. The number of rotatable bonds is 14. The summed E-state index contributed by atoms with van der Waals surface area (Å²) in [6.07, 6.45) is 14.3. The van der Waals surface area contributed by atoms with Crippen LogP contribution in [0.2, 0.25) is 0 Å². The molecule has 5 heteroatoms. The van der Waals surface area contributed by atoms with Crippen molar-refractivity contribution in [1.29, 1.82) is 0 Å². The number of carbonyl (C=O) groups is 1. The van der Waals surface area contributed by atoms with Gasteiger partial charge in [0.15, 0.2) is 0 Å². The van der Waals surface area contributed by atoms with E-state index in [1.807, 2.05) is 6.07 Å². The van der Waals surface area contributed by atoms with E-state index < -0.39 is 5.97 Å². The number of esters is 1. The number of carbonyl (C=O) groups excluding carboxylic acids is 1. The summed E-state index contributed by atoms with van der Waals surface area (Å²) in [5.41, 5.74) is 0.362. The van der Waals surface area contributed by atoms with Crippen LogP contribution in [0.5, 0.6) is 5.75 Å². The summed E-state index contributed by atoms with van der Waals surface area (Å²) in [5.74, 6) is 0.130. The van der Waals surface area contributed by atoms with E-state index in [-0.39, 0.29) is 17.6 Å². The predicted molar refractivity (Wildman–Crippen MR) is 118 cm³/mol. The predicted octanol–water partition coefficient (Wildman–Crippen LogP) is 6.00. The van der Waals surface area contributed by atoms with Crippen LogP contribution in [0.1, 0.15) is 88.4 Å². The van der Waals surface area contributed by atoms with E-state index in [1.165, 1.54) is 64.0 Å². The van der Waals surface area contributed by atoms with Crippen LogP contribution in [0.15, 0.2) is 29.2 Å². The second kappa shape index (κ2) is 13.0. The van der Waals surface area contributed by atoms with Crippen molar-refractivity contribution in [2.24, 2.45) is 0 Å². The largest absolute Gasteiger partial charge is 0.494 e. The number of unbranched alkanes of at least 4 members (excludes halogenated alkanes) is 9. The van der Waals surface area contributed by atoms with E-state index >= 15 is 0 Å². The highest BCUT2D eigenvalue weighted by Gasteiger charge is 2.14.